The van der Waals surface area contributed by atoms with E-state index in [0.29, 0.717) is 12.2 Å². The summed E-state index contributed by atoms with van der Waals surface area (Å²) in [5, 5.41) is 0. The van der Waals surface area contributed by atoms with Crippen molar-refractivity contribution in [2.45, 2.75) is 91.5 Å². The van der Waals surface area contributed by atoms with Gasteiger partial charge in [0.15, 0.2) is 0 Å². The Morgan fingerprint density at radius 3 is 2.22 bits per heavy atom. The smallest absolute Gasteiger partial charge is 0.0733 e. The first kappa shape index (κ1) is 16.0. The first-order valence-corrected chi connectivity index (χ1v) is 7.69. The van der Waals surface area contributed by atoms with Gasteiger partial charge in [-0.1, -0.05) is 40.0 Å². The van der Waals surface area contributed by atoms with Gasteiger partial charge in [-0.05, 0) is 33.6 Å². The third-order valence-corrected chi connectivity index (χ3v) is 4.97. The van der Waals surface area contributed by atoms with Crippen LogP contribution in [0.4, 0.5) is 0 Å². The van der Waals surface area contributed by atoms with Crippen LogP contribution in [0.1, 0.15) is 73.6 Å². The molecule has 0 aromatic carbocycles. The first-order chi connectivity index (χ1) is 8.40. The minimum absolute atomic E-state index is 0.0590. The molecule has 2 heteroatoms. The van der Waals surface area contributed by atoms with Gasteiger partial charge in [-0.15, -0.1) is 0 Å². The van der Waals surface area contributed by atoms with Crippen LogP contribution in [0.3, 0.4) is 0 Å². The summed E-state index contributed by atoms with van der Waals surface area (Å²) >= 11 is 0. The molecule has 1 aliphatic heterocycles. The predicted octanol–water partition coefficient (Wildman–Crippen LogP) is 4.57. The summed E-state index contributed by atoms with van der Waals surface area (Å²) in [4.78, 5) is 0. The summed E-state index contributed by atoms with van der Waals surface area (Å²) < 4.78 is 12.1. The molecule has 0 saturated carbocycles. The number of unbranched alkanes of at least 4 members (excludes halogenated alkanes) is 3. The molecule has 0 aliphatic carbocycles. The van der Waals surface area contributed by atoms with Crippen molar-refractivity contribution in [2.24, 2.45) is 5.41 Å². The topological polar surface area (TPSA) is 18.5 Å². The molecule has 0 aromatic heterocycles. The molecular formula is C16H32O2. The molecule has 108 valence electrons. The largest absolute Gasteiger partial charge is 0.377 e. The molecule has 1 heterocycles. The van der Waals surface area contributed by atoms with Gasteiger partial charge in [-0.2, -0.15) is 0 Å². The molecule has 3 unspecified atom stereocenters. The van der Waals surface area contributed by atoms with Crippen LogP contribution in [-0.4, -0.2) is 24.4 Å². The Balaban J connectivity index is 2.45. The maximum absolute atomic E-state index is 6.17. The van der Waals surface area contributed by atoms with Gasteiger partial charge in [0.1, 0.15) is 0 Å². The maximum atomic E-state index is 6.17. The summed E-state index contributed by atoms with van der Waals surface area (Å²) in [5.74, 6) is 0. The van der Waals surface area contributed by atoms with Crippen LogP contribution in [0.5, 0.6) is 0 Å². The van der Waals surface area contributed by atoms with E-state index in [0.717, 1.165) is 13.0 Å². The van der Waals surface area contributed by atoms with E-state index in [2.05, 4.69) is 41.5 Å². The number of rotatable bonds is 8. The third kappa shape index (κ3) is 2.91. The molecular weight excluding hydrogens is 224 g/mol. The predicted molar refractivity (Wildman–Crippen MR) is 76.9 cm³/mol. The second-order valence-corrected chi connectivity index (χ2v) is 6.38. The van der Waals surface area contributed by atoms with Crippen molar-refractivity contribution in [3.8, 4) is 0 Å². The summed E-state index contributed by atoms with van der Waals surface area (Å²) in [7, 11) is 0. The molecule has 0 bridgehead atoms. The minimum Gasteiger partial charge on any atom is -0.377 e. The Hall–Kier alpha value is -0.0800. The van der Waals surface area contributed by atoms with Gasteiger partial charge in [0, 0.05) is 12.0 Å². The summed E-state index contributed by atoms with van der Waals surface area (Å²) in [5.41, 5.74) is 0.0863. The highest BCUT2D eigenvalue weighted by atomic mass is 16.6. The summed E-state index contributed by atoms with van der Waals surface area (Å²) in [6.07, 6.45) is 6.78. The molecule has 1 fully saturated rings. The van der Waals surface area contributed by atoms with Crippen molar-refractivity contribution in [1.82, 2.24) is 0 Å². The zero-order valence-electron chi connectivity index (χ0n) is 13.2. The molecule has 3 atom stereocenters. The number of hydrogen-bond donors (Lipinski definition) is 0. The lowest BCUT2D eigenvalue weighted by Gasteiger charge is -2.61. The molecule has 1 saturated heterocycles. The van der Waals surface area contributed by atoms with Gasteiger partial charge in [-0.25, -0.2) is 0 Å². The highest BCUT2D eigenvalue weighted by molar-refractivity contribution is 5.08. The van der Waals surface area contributed by atoms with E-state index in [-0.39, 0.29) is 11.0 Å². The van der Waals surface area contributed by atoms with Gasteiger partial charge in [0.05, 0.1) is 17.8 Å². The fourth-order valence-electron chi connectivity index (χ4n) is 3.24. The van der Waals surface area contributed by atoms with E-state index >= 15 is 0 Å². The zero-order chi connectivity index (χ0) is 13.8. The van der Waals surface area contributed by atoms with Crippen molar-refractivity contribution in [1.29, 1.82) is 0 Å². The normalized spacial score (nSPS) is 32.0. The lowest BCUT2D eigenvalue weighted by atomic mass is 9.62. The van der Waals surface area contributed by atoms with E-state index in [1.165, 1.54) is 25.7 Å². The van der Waals surface area contributed by atoms with Crippen LogP contribution < -0.4 is 0 Å². The molecule has 0 N–H and O–H groups in total. The van der Waals surface area contributed by atoms with E-state index < -0.39 is 0 Å². The van der Waals surface area contributed by atoms with E-state index in [4.69, 9.17) is 9.47 Å². The van der Waals surface area contributed by atoms with Crippen LogP contribution in [0.15, 0.2) is 0 Å². The Labute approximate surface area is 113 Å². The van der Waals surface area contributed by atoms with Crippen molar-refractivity contribution >= 4 is 0 Å². The van der Waals surface area contributed by atoms with Crippen molar-refractivity contribution < 1.29 is 9.47 Å². The molecule has 18 heavy (non-hydrogen) atoms. The van der Waals surface area contributed by atoms with Gasteiger partial charge in [0.2, 0.25) is 0 Å². The molecule has 0 radical (unpaired) electrons. The molecule has 2 nitrogen and oxygen atoms in total. The van der Waals surface area contributed by atoms with Crippen LogP contribution in [0.2, 0.25) is 0 Å². The minimum atomic E-state index is -0.0590. The second-order valence-electron chi connectivity index (χ2n) is 6.38. The molecule has 0 aromatic rings. The first-order valence-electron chi connectivity index (χ1n) is 7.69. The highest BCUT2D eigenvalue weighted by Crippen LogP contribution is 2.53. The molecule has 0 spiro atoms. The van der Waals surface area contributed by atoms with Gasteiger partial charge in [0.25, 0.3) is 0 Å². The maximum Gasteiger partial charge on any atom is 0.0733 e. The van der Waals surface area contributed by atoms with Gasteiger partial charge < -0.3 is 9.47 Å². The third-order valence-electron chi connectivity index (χ3n) is 4.97. The highest BCUT2D eigenvalue weighted by Gasteiger charge is 2.60. The number of ether oxygens (including phenoxy) is 2. The fourth-order valence-corrected chi connectivity index (χ4v) is 3.24. The zero-order valence-corrected chi connectivity index (χ0v) is 13.2. The Bertz CT molecular complexity index is 249. The van der Waals surface area contributed by atoms with Crippen LogP contribution in [0, 0.1) is 5.41 Å². The second kappa shape index (κ2) is 6.38. The lowest BCUT2D eigenvalue weighted by Crippen LogP contribution is -2.68. The fraction of sp³-hybridized carbons (Fsp3) is 1.00. The van der Waals surface area contributed by atoms with Crippen LogP contribution in [-0.2, 0) is 9.47 Å². The van der Waals surface area contributed by atoms with E-state index in [1.54, 1.807) is 0 Å². The lowest BCUT2D eigenvalue weighted by molar-refractivity contribution is -0.326. The standard InChI is InChI=1S/C16H32O2/c1-7-9-10-11-12-17-14(8-2)16(6)13(3)18-15(16,4)5/h13-14H,7-12H2,1-6H3. The van der Waals surface area contributed by atoms with Crippen molar-refractivity contribution in [3.05, 3.63) is 0 Å². The van der Waals surface area contributed by atoms with E-state index in [1.807, 2.05) is 0 Å². The number of hydrogen-bond acceptors (Lipinski definition) is 2. The summed E-state index contributed by atoms with van der Waals surface area (Å²) in [6, 6.07) is 0. The monoisotopic (exact) mass is 256 g/mol. The van der Waals surface area contributed by atoms with Crippen LogP contribution in [0.25, 0.3) is 0 Å². The van der Waals surface area contributed by atoms with E-state index in [9.17, 15) is 0 Å². The van der Waals surface area contributed by atoms with Gasteiger partial charge in [-0.3, -0.25) is 0 Å². The van der Waals surface area contributed by atoms with Gasteiger partial charge >= 0.3 is 0 Å². The van der Waals surface area contributed by atoms with Crippen molar-refractivity contribution in [2.75, 3.05) is 6.61 Å². The molecule has 0 amide bonds. The quantitative estimate of drug-likeness (QED) is 0.592. The van der Waals surface area contributed by atoms with Crippen LogP contribution >= 0.6 is 0 Å². The summed E-state index contributed by atoms with van der Waals surface area (Å²) in [6.45, 7) is 14.2. The Morgan fingerprint density at radius 2 is 1.78 bits per heavy atom. The molecule has 1 aliphatic rings. The Kier molecular flexibility index (Phi) is 5.67. The SMILES string of the molecule is CCCCCCOC(CC)C1(C)C(C)OC1(C)C. The van der Waals surface area contributed by atoms with Crippen molar-refractivity contribution in [3.63, 3.8) is 0 Å². The average Bonchev–Trinajstić information content (AvgIpc) is 2.32. The molecule has 1 rings (SSSR count). The Morgan fingerprint density at radius 1 is 1.11 bits per heavy atom. The average molecular weight is 256 g/mol.